The number of anilines is 1. The van der Waals surface area contributed by atoms with Gasteiger partial charge in [-0.15, -0.1) is 0 Å². The smallest absolute Gasteiger partial charge is 0.338 e. The largest absolute Gasteiger partial charge is 0.461 e. The minimum absolute atomic E-state index is 0.0133. The van der Waals surface area contributed by atoms with Crippen molar-refractivity contribution in [2.45, 2.75) is 192 Å². The molecule has 0 radical (unpaired) electrons. The summed E-state index contributed by atoms with van der Waals surface area (Å²) in [4.78, 5) is 155. The monoisotopic (exact) mass is 1580 g/mol. The maximum Gasteiger partial charge on any atom is 0.338 e. The van der Waals surface area contributed by atoms with Crippen LogP contribution in [0.1, 0.15) is 145 Å². The van der Waals surface area contributed by atoms with Gasteiger partial charge in [0.1, 0.15) is 30.0 Å². The Bertz CT molecular complexity index is 4890. The average molecular weight is 1580 g/mol. The van der Waals surface area contributed by atoms with Crippen molar-refractivity contribution < 1.29 is 85.9 Å². The summed E-state index contributed by atoms with van der Waals surface area (Å²) >= 11 is 0. The molecule has 3 fully saturated rings. The molecule has 596 valence electrons. The normalized spacial score (nSPS) is 23.0. The first-order chi connectivity index (χ1) is 53.5. The van der Waals surface area contributed by atoms with Crippen molar-refractivity contribution in [1.82, 2.24) is 46.1 Å². The Morgan fingerprint density at radius 1 is 0.770 bits per heavy atom. The molecule has 29 nitrogen and oxygen atoms in total. The molecule has 4 aliphatic rings. The van der Waals surface area contributed by atoms with E-state index in [1.54, 1.807) is 117 Å². The number of aryl methyl sites for hydroxylation is 4. The van der Waals surface area contributed by atoms with Crippen molar-refractivity contribution in [2.75, 3.05) is 18.9 Å². The van der Waals surface area contributed by atoms with Gasteiger partial charge in [0.15, 0.2) is 51.4 Å². The standard InChI is InChI=1S/C82H96N10O19Si2/c1-47-41-57(45-85-62(95)29-21-38-84-73(99)54-34-31-51(32-35-54)33-36-56-44-86-72-66(87-56)75(101)90-78(83)89-72)91-92-58(47)37-40-113(10,11)111-112(8,9)39-22-30-63(96)108-60-42-61-81(46-105-61,110-50(4)94)69-71(109-76(102)55-27-19-14-20-28-55)82(104)43-59(48(2)64(79(82,5)6)68(106-49(3)93)70(98)80(60,69)7)107-77(103)67(97)65(52-23-15-12-16-24-52)88-74(100)53-25-17-13-18-26-53/h12-20,22-28,31-32,34-35,39,41,44,59-61,65,67-69,71,97,104H,21,29-30,33,36-38,40,42-43,45-46H2,1-11H3,(H,84,99)(H,85,95)(H,88,100)(H3,83,86,89,90,101)/b39-22+/t59-,60-,61+,65-,67+,68+,69-,71-,80+,81-,82+/m0/s1. The van der Waals surface area contributed by atoms with Crippen LogP contribution in [0.15, 0.2) is 155 Å². The van der Waals surface area contributed by atoms with Crippen LogP contribution < -0.4 is 27.2 Å². The molecule has 3 aromatic heterocycles. The van der Waals surface area contributed by atoms with E-state index in [1.807, 2.05) is 43.9 Å². The van der Waals surface area contributed by atoms with Crippen LogP contribution in [-0.2, 0) is 87.1 Å². The second-order valence-corrected chi connectivity index (χ2v) is 39.5. The van der Waals surface area contributed by atoms with E-state index in [-0.39, 0.29) is 83.6 Å². The predicted octanol–water partition coefficient (Wildman–Crippen LogP) is 7.76. The molecule has 2 saturated carbocycles. The van der Waals surface area contributed by atoms with Gasteiger partial charge in [-0.05, 0) is 149 Å². The number of hydrogen-bond acceptors (Lipinski definition) is 25. The molecule has 4 aromatic carbocycles. The highest BCUT2D eigenvalue weighted by atomic mass is 28.4. The van der Waals surface area contributed by atoms with Gasteiger partial charge in [0.2, 0.25) is 11.9 Å². The van der Waals surface area contributed by atoms with Crippen LogP contribution in [0.25, 0.3) is 11.2 Å². The lowest BCUT2D eigenvalue weighted by molar-refractivity contribution is -0.346. The molecule has 11 rings (SSSR count). The summed E-state index contributed by atoms with van der Waals surface area (Å²) in [5, 5.41) is 43.9. The van der Waals surface area contributed by atoms with Gasteiger partial charge in [-0.2, -0.15) is 15.2 Å². The molecule has 113 heavy (non-hydrogen) atoms. The Morgan fingerprint density at radius 3 is 2.08 bits per heavy atom. The maximum absolute atomic E-state index is 16.6. The molecule has 2 bridgehead atoms. The number of benzene rings is 4. The van der Waals surface area contributed by atoms with Gasteiger partial charge in [-0.1, -0.05) is 104 Å². The number of aliphatic hydroxyl groups is 2. The summed E-state index contributed by atoms with van der Waals surface area (Å²) in [7, 11) is -5.22. The van der Waals surface area contributed by atoms with Crippen LogP contribution in [0, 0.1) is 23.7 Å². The summed E-state index contributed by atoms with van der Waals surface area (Å²) in [5.41, 5.74) is 3.67. The van der Waals surface area contributed by atoms with E-state index in [1.165, 1.54) is 26.0 Å². The second-order valence-electron chi connectivity index (χ2n) is 31.2. The lowest BCUT2D eigenvalue weighted by Crippen LogP contribution is -2.82. The number of aromatic nitrogens is 6. The topological polar surface area (TPSA) is 418 Å². The summed E-state index contributed by atoms with van der Waals surface area (Å²) in [6, 6.07) is 32.4. The average Bonchev–Trinajstić information content (AvgIpc) is 0.666. The molecular formula is C82H96N10O19Si2. The Kier molecular flexibility index (Phi) is 25.2. The lowest BCUT2D eigenvalue weighted by atomic mass is 9.44. The van der Waals surface area contributed by atoms with E-state index >= 15 is 4.79 Å². The Hall–Kier alpha value is -10.8. The summed E-state index contributed by atoms with van der Waals surface area (Å²) in [6.07, 6.45) is -6.16. The van der Waals surface area contributed by atoms with E-state index in [0.717, 1.165) is 30.7 Å². The molecule has 3 aliphatic carbocycles. The number of nitrogens with zero attached hydrogens (tertiary/aromatic N) is 5. The van der Waals surface area contributed by atoms with Crippen LogP contribution in [0.5, 0.6) is 0 Å². The van der Waals surface area contributed by atoms with E-state index in [0.29, 0.717) is 54.2 Å². The van der Waals surface area contributed by atoms with Gasteiger partial charge in [0.25, 0.3) is 17.4 Å². The molecule has 3 amide bonds. The number of esters is 5. The van der Waals surface area contributed by atoms with Crippen molar-refractivity contribution in [1.29, 1.82) is 0 Å². The number of amides is 3. The number of fused-ring (bicyclic) bond motifs is 6. The number of ketones is 1. The number of Topliss-reactive ketones (excluding diaryl/α,β-unsaturated/α-hetero) is 1. The Morgan fingerprint density at radius 2 is 1.43 bits per heavy atom. The highest BCUT2D eigenvalue weighted by Crippen LogP contribution is 2.65. The number of aliphatic hydroxyl groups excluding tert-OH is 1. The number of carbonyl (C=O) groups is 9. The number of nitrogens with one attached hydrogen (secondary N) is 4. The minimum Gasteiger partial charge on any atom is -0.461 e. The predicted molar refractivity (Wildman–Crippen MR) is 416 cm³/mol. The third kappa shape index (κ3) is 18.5. The third-order valence-corrected chi connectivity index (χ3v) is 28.7. The van der Waals surface area contributed by atoms with Crippen LogP contribution >= 0.6 is 0 Å². The van der Waals surface area contributed by atoms with Crippen molar-refractivity contribution in [3.63, 3.8) is 0 Å². The molecular weight excluding hydrogens is 1490 g/mol. The zero-order valence-electron chi connectivity index (χ0n) is 65.0. The molecule has 7 aromatic rings. The van der Waals surface area contributed by atoms with Gasteiger partial charge >= 0.3 is 29.8 Å². The first-order valence-electron chi connectivity index (χ1n) is 37.6. The van der Waals surface area contributed by atoms with Gasteiger partial charge in [-0.3, -0.25) is 43.3 Å². The van der Waals surface area contributed by atoms with E-state index < -0.39 is 147 Å². The van der Waals surface area contributed by atoms with Crippen molar-refractivity contribution in [2.24, 2.45) is 16.7 Å². The molecule has 0 unspecified atom stereocenters. The van der Waals surface area contributed by atoms with Gasteiger partial charge in [0, 0.05) is 56.2 Å². The molecule has 4 heterocycles. The number of rotatable bonds is 29. The second kappa shape index (κ2) is 34.2. The molecule has 1 aliphatic heterocycles. The molecule has 11 atom stereocenters. The molecule has 8 N–H and O–H groups in total. The SMILES string of the molecule is CC(=O)O[C@H]1C(=O)[C@]2(C)[C@@H](OC(=O)C/C=C/[Si](C)(C)O[Si](C)(C)CCc3nnc(CNC(=O)CCCNC(=O)c4ccc(CCc5cnc6nc(N)[nH]c(=O)c6n5)cc4)cc3C)C[C@H]3OC[C@@]3(OC(C)=O)[C@H]2[C@H](OC(=O)c2ccccc2)[C@]2(O)C[C@H](OC(=O)[C@H](O)[C@@H](NC(=O)c3ccccc3)c3ccccc3)C(C)=C1C2(C)C. The first kappa shape index (κ1) is 83.1. The van der Waals surface area contributed by atoms with Crippen LogP contribution in [0.3, 0.4) is 0 Å². The highest BCUT2D eigenvalue weighted by Gasteiger charge is 2.79. The number of aromatic amines is 1. The zero-order valence-corrected chi connectivity index (χ0v) is 67.0. The highest BCUT2D eigenvalue weighted by molar-refractivity contribution is 6.87. The third-order valence-electron chi connectivity index (χ3n) is 21.9. The fourth-order valence-electron chi connectivity index (χ4n) is 16.1. The molecule has 0 spiro atoms. The van der Waals surface area contributed by atoms with Crippen LogP contribution in [0.4, 0.5) is 5.95 Å². The van der Waals surface area contributed by atoms with E-state index in [9.17, 15) is 53.4 Å². The van der Waals surface area contributed by atoms with Gasteiger partial charge in [0.05, 0.1) is 65.8 Å². The van der Waals surface area contributed by atoms with Crippen molar-refractivity contribution in [3.8, 4) is 0 Å². The summed E-state index contributed by atoms with van der Waals surface area (Å²) in [6.45, 7) is 18.4. The fraction of sp³-hybridized carbons (Fsp3) is 0.427. The van der Waals surface area contributed by atoms with Gasteiger partial charge in [-0.25, -0.2) is 19.6 Å². The number of H-pyrrole nitrogens is 1. The summed E-state index contributed by atoms with van der Waals surface area (Å²) < 4.78 is 45.1. The number of carbonyl (C=O) groups excluding carboxylic acids is 9. The number of nitrogen functional groups attached to an aromatic ring is 1. The van der Waals surface area contributed by atoms with Crippen LogP contribution in [0.2, 0.25) is 32.2 Å². The first-order valence-corrected chi connectivity index (χ1v) is 43.7. The quantitative estimate of drug-likeness (QED) is 0.00774. The van der Waals surface area contributed by atoms with Gasteiger partial charge < -0.3 is 64.4 Å². The van der Waals surface area contributed by atoms with Crippen LogP contribution in [-0.4, -0.2) is 171 Å². The molecule has 31 heteroatoms. The molecule has 1 saturated heterocycles. The van der Waals surface area contributed by atoms with E-state index in [4.69, 9.17) is 38.3 Å². The fourth-order valence-corrected chi connectivity index (χ4v) is 24.0. The van der Waals surface area contributed by atoms with Crippen molar-refractivity contribution >= 4 is 87.1 Å². The number of hydrogen-bond donors (Lipinski definition) is 7. The Labute approximate surface area is 655 Å². The number of nitrogens with two attached hydrogens (primary N) is 1. The lowest BCUT2D eigenvalue weighted by Gasteiger charge is -2.67. The Balaban J connectivity index is 0.744. The van der Waals surface area contributed by atoms with E-state index in [2.05, 4.69) is 59.2 Å². The maximum atomic E-state index is 16.6. The number of ether oxygens (including phenoxy) is 6. The minimum atomic E-state index is -2.73. The van der Waals surface area contributed by atoms with Crippen molar-refractivity contribution in [3.05, 3.63) is 211 Å². The zero-order chi connectivity index (χ0) is 81.5. The summed E-state index contributed by atoms with van der Waals surface area (Å²) in [5.74, 6) is -8.65.